The second kappa shape index (κ2) is 7.83. The Morgan fingerprint density at radius 1 is 0.800 bits per heavy atom. The van der Waals surface area contributed by atoms with E-state index < -0.39 is 23.9 Å². The minimum Gasteiger partial charge on any atom is -0.480 e. The lowest BCUT2D eigenvalue weighted by Gasteiger charge is -2.19. The molecule has 0 spiro atoms. The van der Waals surface area contributed by atoms with Crippen LogP contribution < -0.4 is 5.32 Å². The van der Waals surface area contributed by atoms with Gasteiger partial charge in [-0.25, -0.2) is 9.59 Å². The zero-order valence-corrected chi connectivity index (χ0v) is 15.9. The number of carbonyl (C=O) groups excluding carboxylic acids is 1. The minimum absolute atomic E-state index is 0.0526. The fourth-order valence-corrected chi connectivity index (χ4v) is 3.91. The molecule has 0 aromatic heterocycles. The molecule has 1 aliphatic rings. The third-order valence-electron chi connectivity index (χ3n) is 5.35. The number of aliphatic carboxylic acids is 1. The first-order valence-electron chi connectivity index (χ1n) is 9.49. The van der Waals surface area contributed by atoms with E-state index in [4.69, 9.17) is 5.11 Å². The van der Waals surface area contributed by atoms with Gasteiger partial charge in [0.15, 0.2) is 0 Å². The van der Waals surface area contributed by atoms with E-state index in [1.807, 2.05) is 48.5 Å². The number of hydrogen-bond acceptors (Lipinski definition) is 3. The summed E-state index contributed by atoms with van der Waals surface area (Å²) in [6.07, 6.45) is 0.0526. The molecule has 4 rings (SSSR count). The molecular formula is C24H19NO5. The molecule has 6 heteroatoms. The molecule has 0 fully saturated rings. The number of carboxylic acid groups (broad SMARTS) is 2. The molecule has 1 amide bonds. The molecule has 3 aromatic rings. The lowest BCUT2D eigenvalue weighted by Crippen LogP contribution is -2.44. The molecule has 0 saturated carbocycles. The van der Waals surface area contributed by atoms with Crippen LogP contribution in [0.5, 0.6) is 0 Å². The van der Waals surface area contributed by atoms with Gasteiger partial charge in [0.05, 0.1) is 11.5 Å². The van der Waals surface area contributed by atoms with Crippen molar-refractivity contribution in [2.45, 2.75) is 18.4 Å². The van der Waals surface area contributed by atoms with Gasteiger partial charge < -0.3 is 15.5 Å². The zero-order chi connectivity index (χ0) is 21.3. The van der Waals surface area contributed by atoms with Crippen LogP contribution in [-0.2, 0) is 16.0 Å². The summed E-state index contributed by atoms with van der Waals surface area (Å²) in [7, 11) is 0. The van der Waals surface area contributed by atoms with Gasteiger partial charge in [-0.15, -0.1) is 0 Å². The van der Waals surface area contributed by atoms with Gasteiger partial charge in [0.1, 0.15) is 6.04 Å². The van der Waals surface area contributed by atoms with Crippen LogP contribution in [0.4, 0.5) is 0 Å². The van der Waals surface area contributed by atoms with Crippen molar-refractivity contribution in [3.05, 3.63) is 95.1 Å². The largest absolute Gasteiger partial charge is 0.480 e. The minimum atomic E-state index is -1.15. The van der Waals surface area contributed by atoms with Crippen LogP contribution in [0.3, 0.4) is 0 Å². The van der Waals surface area contributed by atoms with Gasteiger partial charge in [0.2, 0.25) is 5.91 Å². The molecule has 0 heterocycles. The average molecular weight is 401 g/mol. The monoisotopic (exact) mass is 401 g/mol. The molecule has 0 saturated heterocycles. The summed E-state index contributed by atoms with van der Waals surface area (Å²) in [6.45, 7) is 0. The summed E-state index contributed by atoms with van der Waals surface area (Å²) >= 11 is 0. The van der Waals surface area contributed by atoms with Crippen molar-refractivity contribution in [1.29, 1.82) is 0 Å². The van der Waals surface area contributed by atoms with Gasteiger partial charge in [-0.1, -0.05) is 60.7 Å². The number of nitrogens with one attached hydrogen (secondary N) is 1. The maximum atomic E-state index is 13.2. The predicted molar refractivity (Wildman–Crippen MR) is 110 cm³/mol. The molecule has 30 heavy (non-hydrogen) atoms. The Balaban J connectivity index is 1.58. The standard InChI is InChI=1S/C24H19NO5/c26-22(21-18-7-3-1-5-16(18)17-6-2-4-8-19(17)21)25-20(24(29)30)13-14-9-11-15(12-10-14)23(27)28/h1-12,20-21H,13H2,(H,25,26)(H,27,28)(H,29,30)/t20-/m0/s1. The van der Waals surface area contributed by atoms with E-state index >= 15 is 0 Å². The maximum Gasteiger partial charge on any atom is 0.335 e. The van der Waals surface area contributed by atoms with Crippen molar-refractivity contribution < 1.29 is 24.6 Å². The molecule has 150 valence electrons. The number of rotatable bonds is 6. The molecule has 6 nitrogen and oxygen atoms in total. The van der Waals surface area contributed by atoms with Gasteiger partial charge in [-0.3, -0.25) is 4.79 Å². The Morgan fingerprint density at radius 2 is 1.33 bits per heavy atom. The Bertz CT molecular complexity index is 1090. The van der Waals surface area contributed by atoms with Crippen molar-refractivity contribution in [1.82, 2.24) is 5.32 Å². The third-order valence-corrected chi connectivity index (χ3v) is 5.35. The molecule has 1 atom stereocenters. The summed E-state index contributed by atoms with van der Waals surface area (Å²) in [5, 5.41) is 21.3. The van der Waals surface area contributed by atoms with Crippen LogP contribution >= 0.6 is 0 Å². The van der Waals surface area contributed by atoms with Gasteiger partial charge in [-0.05, 0) is 39.9 Å². The van der Waals surface area contributed by atoms with Gasteiger partial charge in [0.25, 0.3) is 0 Å². The summed E-state index contributed by atoms with van der Waals surface area (Å²) in [5.41, 5.74) is 4.40. The number of carbonyl (C=O) groups is 3. The first-order valence-corrected chi connectivity index (χ1v) is 9.49. The lowest BCUT2D eigenvalue weighted by atomic mass is 9.95. The number of carboxylic acids is 2. The quantitative estimate of drug-likeness (QED) is 0.588. The van der Waals surface area contributed by atoms with E-state index in [1.54, 1.807) is 12.1 Å². The van der Waals surface area contributed by atoms with Crippen molar-refractivity contribution >= 4 is 17.8 Å². The van der Waals surface area contributed by atoms with E-state index in [2.05, 4.69) is 5.32 Å². The fourth-order valence-electron chi connectivity index (χ4n) is 3.91. The van der Waals surface area contributed by atoms with E-state index in [0.29, 0.717) is 5.56 Å². The summed E-state index contributed by atoms with van der Waals surface area (Å²) < 4.78 is 0. The topological polar surface area (TPSA) is 104 Å². The van der Waals surface area contributed by atoms with E-state index in [1.165, 1.54) is 12.1 Å². The Morgan fingerprint density at radius 3 is 1.83 bits per heavy atom. The second-order valence-corrected chi connectivity index (χ2v) is 7.21. The van der Waals surface area contributed by atoms with Crippen molar-refractivity contribution in [2.75, 3.05) is 0 Å². The van der Waals surface area contributed by atoms with Crippen molar-refractivity contribution in [3.8, 4) is 11.1 Å². The number of amides is 1. The molecule has 0 aliphatic heterocycles. The Kier molecular flexibility index (Phi) is 5.06. The molecule has 1 aliphatic carbocycles. The number of aromatic carboxylic acids is 1. The molecule has 3 aromatic carbocycles. The van der Waals surface area contributed by atoms with Crippen LogP contribution in [0.1, 0.15) is 33.0 Å². The number of benzene rings is 3. The Labute approximate surface area is 172 Å². The molecular weight excluding hydrogens is 382 g/mol. The van der Waals surface area contributed by atoms with E-state index in [0.717, 1.165) is 22.3 Å². The van der Waals surface area contributed by atoms with Crippen molar-refractivity contribution in [2.24, 2.45) is 0 Å². The van der Waals surface area contributed by atoms with E-state index in [-0.39, 0.29) is 17.9 Å². The number of hydrogen-bond donors (Lipinski definition) is 3. The second-order valence-electron chi connectivity index (χ2n) is 7.21. The highest BCUT2D eigenvalue weighted by Crippen LogP contribution is 2.44. The van der Waals surface area contributed by atoms with Gasteiger partial charge >= 0.3 is 11.9 Å². The molecule has 0 unspecified atom stereocenters. The highest BCUT2D eigenvalue weighted by Gasteiger charge is 2.35. The van der Waals surface area contributed by atoms with Crippen LogP contribution in [0, 0.1) is 0 Å². The average Bonchev–Trinajstić information content (AvgIpc) is 3.08. The van der Waals surface area contributed by atoms with Crippen LogP contribution in [0.15, 0.2) is 72.8 Å². The van der Waals surface area contributed by atoms with E-state index in [9.17, 15) is 19.5 Å². The summed E-state index contributed by atoms with van der Waals surface area (Å²) in [6, 6.07) is 20.1. The zero-order valence-electron chi connectivity index (χ0n) is 15.9. The first kappa shape index (κ1) is 19.4. The van der Waals surface area contributed by atoms with Gasteiger partial charge in [0, 0.05) is 6.42 Å². The SMILES string of the molecule is O=C(O)c1ccc(C[C@H](NC(=O)C2c3ccccc3-c3ccccc32)C(=O)O)cc1. The summed E-state index contributed by atoms with van der Waals surface area (Å²) in [5.74, 6) is -3.15. The van der Waals surface area contributed by atoms with Crippen LogP contribution in [0.2, 0.25) is 0 Å². The highest BCUT2D eigenvalue weighted by atomic mass is 16.4. The predicted octanol–water partition coefficient (Wildman–Crippen LogP) is 3.31. The van der Waals surface area contributed by atoms with Crippen LogP contribution in [0.25, 0.3) is 11.1 Å². The Hall–Kier alpha value is -3.93. The molecule has 3 N–H and O–H groups in total. The number of fused-ring (bicyclic) bond motifs is 3. The first-order chi connectivity index (χ1) is 14.5. The normalized spacial score (nSPS) is 13.2. The highest BCUT2D eigenvalue weighted by molar-refractivity contribution is 5.97. The molecule has 0 radical (unpaired) electrons. The van der Waals surface area contributed by atoms with Crippen LogP contribution in [-0.4, -0.2) is 34.1 Å². The third kappa shape index (κ3) is 3.55. The smallest absolute Gasteiger partial charge is 0.335 e. The van der Waals surface area contributed by atoms with Gasteiger partial charge in [-0.2, -0.15) is 0 Å². The fraction of sp³-hybridized carbons (Fsp3) is 0.125. The maximum absolute atomic E-state index is 13.2. The van der Waals surface area contributed by atoms with Crippen molar-refractivity contribution in [3.63, 3.8) is 0 Å². The molecule has 0 bridgehead atoms. The lowest BCUT2D eigenvalue weighted by molar-refractivity contribution is -0.141. The summed E-state index contributed by atoms with van der Waals surface area (Å²) in [4.78, 5) is 36.0.